The molecule has 1 atom stereocenters. The van der Waals surface area contributed by atoms with Gasteiger partial charge in [-0.1, -0.05) is 58.7 Å². The predicted octanol–water partition coefficient (Wildman–Crippen LogP) is 5.40. The zero-order valence-corrected chi connectivity index (χ0v) is 20.9. The molecule has 1 unspecified atom stereocenters. The highest BCUT2D eigenvalue weighted by Gasteiger charge is 2.33. The third kappa shape index (κ3) is 5.94. The van der Waals surface area contributed by atoms with E-state index in [0.29, 0.717) is 43.5 Å². The molecular formula is C28H39FN2O3. The van der Waals surface area contributed by atoms with Crippen molar-refractivity contribution in [3.05, 3.63) is 47.3 Å². The summed E-state index contributed by atoms with van der Waals surface area (Å²) in [5.41, 5.74) is 1.10. The Hall–Kier alpha value is -2.50. The van der Waals surface area contributed by atoms with E-state index in [4.69, 9.17) is 0 Å². The molecule has 1 aliphatic carbocycles. The van der Waals surface area contributed by atoms with E-state index in [0.717, 1.165) is 32.1 Å². The molecule has 1 aromatic carbocycles. The molecule has 0 spiro atoms. The molecule has 0 radical (unpaired) electrons. The molecule has 1 saturated carbocycles. The van der Waals surface area contributed by atoms with Crippen LogP contribution in [0.3, 0.4) is 0 Å². The fourth-order valence-electron chi connectivity index (χ4n) is 5.28. The first-order valence-corrected chi connectivity index (χ1v) is 12.8. The van der Waals surface area contributed by atoms with Crippen LogP contribution in [-0.4, -0.2) is 41.6 Å². The van der Waals surface area contributed by atoms with Gasteiger partial charge in [-0.3, -0.25) is 14.4 Å². The third-order valence-electron chi connectivity index (χ3n) is 7.51. The second-order valence-corrected chi connectivity index (χ2v) is 10.1. The van der Waals surface area contributed by atoms with Crippen molar-refractivity contribution in [2.45, 2.75) is 84.1 Å². The monoisotopic (exact) mass is 470 g/mol. The number of hydrogen-bond donors (Lipinski definition) is 1. The number of amides is 2. The molecule has 1 saturated heterocycles. The summed E-state index contributed by atoms with van der Waals surface area (Å²) in [5.74, 6) is -1.18. The van der Waals surface area contributed by atoms with Crippen LogP contribution in [0.5, 0.6) is 0 Å². The van der Waals surface area contributed by atoms with Crippen LogP contribution in [0.15, 0.2) is 30.4 Å². The van der Waals surface area contributed by atoms with Crippen LogP contribution < -0.4 is 5.32 Å². The lowest BCUT2D eigenvalue weighted by Gasteiger charge is -2.33. The van der Waals surface area contributed by atoms with Gasteiger partial charge in [0.25, 0.3) is 5.91 Å². The minimum absolute atomic E-state index is 0.00673. The van der Waals surface area contributed by atoms with E-state index in [1.165, 1.54) is 6.07 Å². The summed E-state index contributed by atoms with van der Waals surface area (Å²) in [6.07, 6.45) is 6.98. The molecule has 1 aromatic rings. The summed E-state index contributed by atoms with van der Waals surface area (Å²) >= 11 is 0. The molecule has 2 amide bonds. The van der Waals surface area contributed by atoms with E-state index in [1.807, 2.05) is 20.8 Å². The Labute approximate surface area is 203 Å². The van der Waals surface area contributed by atoms with Crippen LogP contribution in [-0.2, 0) is 9.59 Å². The predicted molar refractivity (Wildman–Crippen MR) is 132 cm³/mol. The number of likely N-dealkylation sites (tertiary alicyclic amines) is 1. The smallest absolute Gasteiger partial charge is 0.254 e. The molecule has 0 aromatic heterocycles. The van der Waals surface area contributed by atoms with Gasteiger partial charge in [0.1, 0.15) is 5.82 Å². The third-order valence-corrected chi connectivity index (χ3v) is 7.51. The Morgan fingerprint density at radius 1 is 1.09 bits per heavy atom. The van der Waals surface area contributed by atoms with Crippen molar-refractivity contribution >= 4 is 17.6 Å². The quantitative estimate of drug-likeness (QED) is 0.517. The van der Waals surface area contributed by atoms with Crippen molar-refractivity contribution in [2.75, 3.05) is 13.1 Å². The minimum atomic E-state index is -0.572. The van der Waals surface area contributed by atoms with Crippen molar-refractivity contribution in [3.63, 3.8) is 0 Å². The fraction of sp³-hybridized carbons (Fsp3) is 0.607. The molecule has 1 heterocycles. The number of halogens is 1. The zero-order chi connectivity index (χ0) is 24.8. The lowest BCUT2D eigenvalue weighted by Crippen LogP contribution is -2.48. The van der Waals surface area contributed by atoms with E-state index in [2.05, 4.69) is 11.9 Å². The number of hydrogen-bond acceptors (Lipinski definition) is 3. The van der Waals surface area contributed by atoms with Gasteiger partial charge < -0.3 is 10.2 Å². The first kappa shape index (κ1) is 26.1. The molecule has 6 heteroatoms. The number of Topliss-reactive ketones (excluding diaryl/α,β-unsaturated/α-hetero) is 1. The number of carbonyl (C=O) groups excluding carboxylic acids is 3. The highest BCUT2D eigenvalue weighted by atomic mass is 19.1. The Bertz CT molecular complexity index is 912. The Kier molecular flexibility index (Phi) is 9.03. The average Bonchev–Trinajstić information content (AvgIpc) is 2.86. The molecule has 2 fully saturated rings. The van der Waals surface area contributed by atoms with E-state index < -0.39 is 17.8 Å². The molecule has 2 aliphatic rings. The SMILES string of the molecule is C=C(CC)C(=O)N1CCC(c2cccc(C(=O)NC(C(=O)C(C)C)C3CCCCC3)c2F)CC1. The average molecular weight is 471 g/mol. The Morgan fingerprint density at radius 3 is 2.32 bits per heavy atom. The zero-order valence-electron chi connectivity index (χ0n) is 20.9. The summed E-state index contributed by atoms with van der Waals surface area (Å²) in [6, 6.07) is 4.37. The van der Waals surface area contributed by atoms with E-state index in [-0.39, 0.29) is 35.0 Å². The lowest BCUT2D eigenvalue weighted by atomic mass is 9.80. The number of benzene rings is 1. The van der Waals surface area contributed by atoms with Gasteiger partial charge in [-0.25, -0.2) is 4.39 Å². The van der Waals surface area contributed by atoms with Crippen molar-refractivity contribution in [1.29, 1.82) is 0 Å². The molecule has 1 aliphatic heterocycles. The maximum Gasteiger partial charge on any atom is 0.254 e. The van der Waals surface area contributed by atoms with Crippen LogP contribution in [0.1, 0.15) is 94.0 Å². The maximum absolute atomic E-state index is 15.6. The summed E-state index contributed by atoms with van der Waals surface area (Å²) in [7, 11) is 0. The van der Waals surface area contributed by atoms with Gasteiger partial charge in [-0.05, 0) is 55.6 Å². The Balaban J connectivity index is 1.73. The van der Waals surface area contributed by atoms with Crippen molar-refractivity contribution in [1.82, 2.24) is 10.2 Å². The van der Waals surface area contributed by atoms with Crippen LogP contribution in [0.4, 0.5) is 4.39 Å². The van der Waals surface area contributed by atoms with Crippen LogP contribution in [0.25, 0.3) is 0 Å². The van der Waals surface area contributed by atoms with E-state index >= 15 is 4.39 Å². The van der Waals surface area contributed by atoms with Gasteiger partial charge in [-0.15, -0.1) is 0 Å². The molecule has 5 nitrogen and oxygen atoms in total. The van der Waals surface area contributed by atoms with Crippen molar-refractivity contribution in [2.24, 2.45) is 11.8 Å². The summed E-state index contributed by atoms with van der Waals surface area (Å²) < 4.78 is 15.6. The first-order valence-electron chi connectivity index (χ1n) is 12.8. The summed E-state index contributed by atoms with van der Waals surface area (Å²) in [6.45, 7) is 10.5. The lowest BCUT2D eigenvalue weighted by molar-refractivity contribution is -0.128. The van der Waals surface area contributed by atoms with E-state index in [9.17, 15) is 14.4 Å². The fourth-order valence-corrected chi connectivity index (χ4v) is 5.28. The minimum Gasteiger partial charge on any atom is -0.342 e. The standard InChI is InChI=1S/C28H39FN2O3/c1-5-19(4)28(34)31-16-14-20(15-17-31)22-12-9-13-23(24(22)29)27(33)30-25(26(32)18(2)3)21-10-7-6-8-11-21/h9,12-13,18,20-21,25H,4-8,10-11,14-17H2,1-3H3,(H,30,33). The van der Waals surface area contributed by atoms with Gasteiger partial charge in [0.2, 0.25) is 5.91 Å². The number of nitrogens with zero attached hydrogens (tertiary/aromatic N) is 1. The number of piperidine rings is 1. The van der Waals surface area contributed by atoms with Crippen LogP contribution in [0.2, 0.25) is 0 Å². The highest BCUT2D eigenvalue weighted by molar-refractivity contribution is 5.98. The normalized spacial score (nSPS) is 18.6. The van der Waals surface area contributed by atoms with Gasteiger partial charge in [0.05, 0.1) is 11.6 Å². The van der Waals surface area contributed by atoms with Gasteiger partial charge >= 0.3 is 0 Å². The topological polar surface area (TPSA) is 66.5 Å². The Morgan fingerprint density at radius 2 is 1.74 bits per heavy atom. The summed E-state index contributed by atoms with van der Waals surface area (Å²) in [5, 5.41) is 2.90. The number of rotatable bonds is 8. The van der Waals surface area contributed by atoms with Gasteiger partial charge in [0.15, 0.2) is 5.78 Å². The van der Waals surface area contributed by atoms with Crippen LogP contribution in [0, 0.1) is 17.7 Å². The molecule has 0 bridgehead atoms. The van der Waals surface area contributed by atoms with E-state index in [1.54, 1.807) is 17.0 Å². The summed E-state index contributed by atoms with van der Waals surface area (Å²) in [4.78, 5) is 40.3. The number of nitrogens with one attached hydrogen (secondary N) is 1. The highest BCUT2D eigenvalue weighted by Crippen LogP contribution is 2.32. The molecule has 186 valence electrons. The van der Waals surface area contributed by atoms with Gasteiger partial charge in [0, 0.05) is 24.6 Å². The second kappa shape index (κ2) is 11.8. The second-order valence-electron chi connectivity index (χ2n) is 10.1. The van der Waals surface area contributed by atoms with Crippen LogP contribution >= 0.6 is 0 Å². The molecule has 1 N–H and O–H groups in total. The van der Waals surface area contributed by atoms with Crippen molar-refractivity contribution < 1.29 is 18.8 Å². The molecular weight excluding hydrogens is 431 g/mol. The molecule has 34 heavy (non-hydrogen) atoms. The first-order chi connectivity index (χ1) is 16.2. The molecule has 3 rings (SSSR count). The number of carbonyl (C=O) groups is 3. The maximum atomic E-state index is 15.6. The number of ketones is 1. The van der Waals surface area contributed by atoms with Gasteiger partial charge in [-0.2, -0.15) is 0 Å². The largest absolute Gasteiger partial charge is 0.342 e. The van der Waals surface area contributed by atoms with Crippen molar-refractivity contribution in [3.8, 4) is 0 Å².